The molecule has 0 spiro atoms. The normalized spacial score (nSPS) is 24.0. The largest absolute Gasteiger partial charge is 0.375 e. The molecule has 0 radical (unpaired) electrons. The summed E-state index contributed by atoms with van der Waals surface area (Å²) >= 11 is 1.59. The summed E-state index contributed by atoms with van der Waals surface area (Å²) in [7, 11) is 0. The summed E-state index contributed by atoms with van der Waals surface area (Å²) in [6.45, 7) is 1.38. The minimum absolute atomic E-state index is 0.0800. The van der Waals surface area contributed by atoms with Gasteiger partial charge in [-0.3, -0.25) is 9.59 Å². The number of ether oxygens (including phenoxy) is 1. The van der Waals surface area contributed by atoms with E-state index in [-0.39, 0.29) is 42.1 Å². The lowest BCUT2D eigenvalue weighted by atomic mass is 10.0. The fourth-order valence-corrected chi connectivity index (χ4v) is 4.57. The number of nitrogens with one attached hydrogen (secondary N) is 1. The van der Waals surface area contributed by atoms with Gasteiger partial charge in [-0.05, 0) is 35.6 Å². The molecule has 2 saturated heterocycles. The number of thiophene rings is 1. The molecule has 0 bridgehead atoms. The number of carbonyl (C=O) groups is 2. The number of rotatable bonds is 5. The molecule has 3 atom stereocenters. The molecule has 0 unspecified atom stereocenters. The van der Waals surface area contributed by atoms with E-state index in [1.54, 1.807) is 28.4 Å². The van der Waals surface area contributed by atoms with E-state index in [0.29, 0.717) is 25.3 Å². The van der Waals surface area contributed by atoms with Gasteiger partial charge in [-0.1, -0.05) is 18.2 Å². The van der Waals surface area contributed by atoms with Crippen molar-refractivity contribution in [1.82, 2.24) is 10.2 Å². The molecule has 0 aliphatic carbocycles. The first-order valence-electron chi connectivity index (χ1n) is 9.07. The molecular weight excluding hydrogens is 367 g/mol. The fourth-order valence-electron chi connectivity index (χ4n) is 3.93. The Morgan fingerprint density at radius 2 is 2.19 bits per heavy atom. The Hall–Kier alpha value is -2.25. The van der Waals surface area contributed by atoms with Crippen molar-refractivity contribution in [2.75, 3.05) is 13.2 Å². The van der Waals surface area contributed by atoms with Gasteiger partial charge in [0.2, 0.25) is 11.8 Å². The van der Waals surface area contributed by atoms with Crippen LogP contribution in [0.25, 0.3) is 0 Å². The van der Waals surface area contributed by atoms with E-state index in [0.717, 1.165) is 11.3 Å². The second kappa shape index (κ2) is 7.78. The summed E-state index contributed by atoms with van der Waals surface area (Å²) in [4.78, 5) is 28.3. The summed E-state index contributed by atoms with van der Waals surface area (Å²) in [6, 6.07) is 9.92. The van der Waals surface area contributed by atoms with Crippen LogP contribution in [0.1, 0.15) is 16.9 Å². The van der Waals surface area contributed by atoms with Crippen LogP contribution < -0.4 is 5.32 Å². The molecule has 5 nitrogen and oxygen atoms in total. The number of carbonyl (C=O) groups excluding carboxylic acids is 2. The quantitative estimate of drug-likeness (QED) is 0.856. The van der Waals surface area contributed by atoms with Crippen molar-refractivity contribution >= 4 is 23.2 Å². The van der Waals surface area contributed by atoms with Crippen LogP contribution in [-0.2, 0) is 27.3 Å². The summed E-state index contributed by atoms with van der Waals surface area (Å²) in [6.07, 6.45) is 0.600. The molecule has 7 heteroatoms. The highest BCUT2D eigenvalue weighted by Crippen LogP contribution is 2.34. The maximum Gasteiger partial charge on any atom is 0.227 e. The minimum Gasteiger partial charge on any atom is -0.375 e. The van der Waals surface area contributed by atoms with Gasteiger partial charge in [0.15, 0.2) is 0 Å². The van der Waals surface area contributed by atoms with Crippen LogP contribution in [0.15, 0.2) is 41.8 Å². The molecule has 1 aromatic heterocycles. The van der Waals surface area contributed by atoms with Crippen LogP contribution in [0.3, 0.4) is 0 Å². The molecule has 2 amide bonds. The van der Waals surface area contributed by atoms with Gasteiger partial charge in [-0.25, -0.2) is 4.39 Å². The van der Waals surface area contributed by atoms with Crippen molar-refractivity contribution in [2.24, 2.45) is 5.92 Å². The van der Waals surface area contributed by atoms with E-state index < -0.39 is 0 Å². The fraction of sp³-hybridized carbons (Fsp3) is 0.400. The van der Waals surface area contributed by atoms with E-state index in [1.807, 2.05) is 17.5 Å². The number of hydrogen-bond donors (Lipinski definition) is 1. The lowest BCUT2D eigenvalue weighted by Crippen LogP contribution is -2.38. The summed E-state index contributed by atoms with van der Waals surface area (Å²) in [5.74, 6) is -0.889. The van der Waals surface area contributed by atoms with Crippen molar-refractivity contribution < 1.29 is 18.7 Å². The second-order valence-corrected chi connectivity index (χ2v) is 7.98. The maximum atomic E-state index is 13.4. The van der Waals surface area contributed by atoms with Gasteiger partial charge in [0.05, 0.1) is 31.0 Å². The summed E-state index contributed by atoms with van der Waals surface area (Å²) in [5, 5.41) is 4.93. The van der Waals surface area contributed by atoms with Gasteiger partial charge in [0, 0.05) is 18.0 Å². The molecule has 4 rings (SSSR count). The highest BCUT2D eigenvalue weighted by molar-refractivity contribution is 7.09. The molecule has 2 aromatic rings. The first-order valence-corrected chi connectivity index (χ1v) is 9.95. The van der Waals surface area contributed by atoms with Gasteiger partial charge < -0.3 is 15.0 Å². The third-order valence-corrected chi connectivity index (χ3v) is 6.09. The van der Waals surface area contributed by atoms with Gasteiger partial charge in [-0.15, -0.1) is 11.3 Å². The number of hydrogen-bond acceptors (Lipinski definition) is 4. The lowest BCUT2D eigenvalue weighted by Gasteiger charge is -2.22. The zero-order valence-corrected chi connectivity index (χ0v) is 15.6. The van der Waals surface area contributed by atoms with Crippen molar-refractivity contribution in [3.63, 3.8) is 0 Å². The first kappa shape index (κ1) is 18.1. The van der Waals surface area contributed by atoms with Crippen molar-refractivity contribution in [2.45, 2.75) is 31.5 Å². The van der Waals surface area contributed by atoms with E-state index >= 15 is 0 Å². The molecule has 27 heavy (non-hydrogen) atoms. The van der Waals surface area contributed by atoms with E-state index in [2.05, 4.69) is 5.32 Å². The Morgan fingerprint density at radius 1 is 1.30 bits per heavy atom. The highest BCUT2D eigenvalue weighted by atomic mass is 32.1. The highest BCUT2D eigenvalue weighted by Gasteiger charge is 2.50. The molecule has 2 aliphatic rings. The Labute approximate surface area is 161 Å². The molecule has 0 saturated carbocycles. The Morgan fingerprint density at radius 3 is 2.96 bits per heavy atom. The predicted molar refractivity (Wildman–Crippen MR) is 99.6 cm³/mol. The van der Waals surface area contributed by atoms with Crippen LogP contribution in [0.5, 0.6) is 0 Å². The standard InChI is InChI=1S/C20H21FN2O3S/c21-14-4-1-3-13(9-14)10-18(24)23-12-16(19-17(23)6-7-26-19)20(25)22-11-15-5-2-8-27-15/h1-5,8-9,16-17,19H,6-7,10-12H2,(H,22,25)/t16-,17+,19-/m1/s1. The molecule has 2 aliphatic heterocycles. The zero-order chi connectivity index (χ0) is 18.8. The molecule has 142 valence electrons. The number of halogens is 1. The zero-order valence-electron chi connectivity index (χ0n) is 14.8. The maximum absolute atomic E-state index is 13.4. The third-order valence-electron chi connectivity index (χ3n) is 5.21. The molecular formula is C20H21FN2O3S. The topological polar surface area (TPSA) is 58.6 Å². The van der Waals surface area contributed by atoms with Crippen LogP contribution in [0.2, 0.25) is 0 Å². The van der Waals surface area contributed by atoms with Crippen LogP contribution >= 0.6 is 11.3 Å². The first-order chi connectivity index (χ1) is 13.1. The predicted octanol–water partition coefficient (Wildman–Crippen LogP) is 2.36. The minimum atomic E-state index is -0.367. The molecule has 3 heterocycles. The van der Waals surface area contributed by atoms with Gasteiger partial charge in [0.1, 0.15) is 5.82 Å². The van der Waals surface area contributed by atoms with Gasteiger partial charge in [-0.2, -0.15) is 0 Å². The number of benzene rings is 1. The number of likely N-dealkylation sites (tertiary alicyclic amines) is 1. The van der Waals surface area contributed by atoms with Gasteiger partial charge >= 0.3 is 0 Å². The lowest BCUT2D eigenvalue weighted by molar-refractivity contribution is -0.131. The summed E-state index contributed by atoms with van der Waals surface area (Å²) < 4.78 is 19.2. The Balaban J connectivity index is 1.42. The monoisotopic (exact) mass is 388 g/mol. The SMILES string of the molecule is O=C(NCc1cccs1)[C@@H]1CN(C(=O)Cc2cccc(F)c2)[C@H]2CCO[C@H]12. The number of nitrogens with zero attached hydrogens (tertiary/aromatic N) is 1. The van der Waals surface area contributed by atoms with Gasteiger partial charge in [0.25, 0.3) is 0 Å². The third kappa shape index (κ3) is 3.89. The average molecular weight is 388 g/mol. The van der Waals surface area contributed by atoms with E-state index in [4.69, 9.17) is 4.74 Å². The average Bonchev–Trinajstić information content (AvgIpc) is 3.37. The van der Waals surface area contributed by atoms with Crippen molar-refractivity contribution in [3.05, 3.63) is 58.0 Å². The van der Waals surface area contributed by atoms with Crippen molar-refractivity contribution in [3.8, 4) is 0 Å². The molecule has 1 N–H and O–H groups in total. The molecule has 1 aromatic carbocycles. The number of amides is 2. The van der Waals surface area contributed by atoms with Crippen LogP contribution in [0.4, 0.5) is 4.39 Å². The summed E-state index contributed by atoms with van der Waals surface area (Å²) in [5.41, 5.74) is 0.640. The Kier molecular flexibility index (Phi) is 5.22. The number of fused-ring (bicyclic) bond motifs is 1. The van der Waals surface area contributed by atoms with Crippen LogP contribution in [0, 0.1) is 11.7 Å². The van der Waals surface area contributed by atoms with Crippen LogP contribution in [-0.4, -0.2) is 42.0 Å². The van der Waals surface area contributed by atoms with E-state index in [9.17, 15) is 14.0 Å². The van der Waals surface area contributed by atoms with E-state index in [1.165, 1.54) is 12.1 Å². The van der Waals surface area contributed by atoms with Crippen molar-refractivity contribution in [1.29, 1.82) is 0 Å². The smallest absolute Gasteiger partial charge is 0.227 e. The molecule has 2 fully saturated rings. The second-order valence-electron chi connectivity index (χ2n) is 6.95. The Bertz CT molecular complexity index is 826.